The van der Waals surface area contributed by atoms with Crippen molar-refractivity contribution in [2.45, 2.75) is 0 Å². The van der Waals surface area contributed by atoms with Crippen molar-refractivity contribution in [1.29, 1.82) is 5.26 Å². The van der Waals surface area contributed by atoms with Gasteiger partial charge in [-0.25, -0.2) is 0 Å². The van der Waals surface area contributed by atoms with Crippen molar-refractivity contribution in [2.24, 2.45) is 4.99 Å². The number of amidine groups is 1. The zero-order chi connectivity index (χ0) is 12.0. The van der Waals surface area contributed by atoms with E-state index in [0.717, 1.165) is 11.4 Å². The Kier molecular flexibility index (Phi) is 4.67. The molecule has 0 saturated carbocycles. The van der Waals surface area contributed by atoms with Gasteiger partial charge in [-0.3, -0.25) is 0 Å². The molecule has 0 bridgehead atoms. The number of anilines is 1. The quantitative estimate of drug-likeness (QED) is 0.448. The maximum absolute atomic E-state index is 8.58. The predicted octanol–water partition coefficient (Wildman–Crippen LogP) is 2.33. The molecule has 0 aromatic heterocycles. The van der Waals surface area contributed by atoms with Crippen LogP contribution >= 0.6 is 11.8 Å². The van der Waals surface area contributed by atoms with E-state index < -0.39 is 0 Å². The topological polar surface area (TPSA) is 48.6 Å². The first-order valence-electron chi connectivity index (χ1n) is 4.62. The fourth-order valence-electron chi connectivity index (χ4n) is 1.31. The first kappa shape index (κ1) is 12.4. The van der Waals surface area contributed by atoms with Gasteiger partial charge in [0.05, 0.1) is 12.8 Å². The van der Waals surface area contributed by atoms with Crippen LogP contribution in [0.15, 0.2) is 29.3 Å². The second-order valence-corrected chi connectivity index (χ2v) is 3.70. The van der Waals surface area contributed by atoms with E-state index in [0.29, 0.717) is 5.17 Å². The number of rotatable bonds is 2. The lowest BCUT2D eigenvalue weighted by Crippen LogP contribution is -2.23. The maximum Gasteiger partial charge on any atom is 0.208 e. The summed E-state index contributed by atoms with van der Waals surface area (Å²) in [6.45, 7) is 0. The van der Waals surface area contributed by atoms with Crippen LogP contribution in [0.4, 0.5) is 5.69 Å². The lowest BCUT2D eigenvalue weighted by Gasteiger charge is -2.20. The van der Waals surface area contributed by atoms with E-state index in [4.69, 9.17) is 10.00 Å². The molecule has 0 fully saturated rings. The third kappa shape index (κ3) is 2.67. The number of aliphatic imine (C=N–C) groups is 1. The molecule has 0 aliphatic carbocycles. The van der Waals surface area contributed by atoms with Crippen LogP contribution in [0, 0.1) is 11.5 Å². The summed E-state index contributed by atoms with van der Waals surface area (Å²) in [5.74, 6) is 0.754. The standard InChI is InChI=1S/C11H13N3OS/c1-14(11(16-3)13-8-12)9-6-4-5-7-10(9)15-2/h4-7H,1-3H3. The Bertz CT molecular complexity index is 425. The Morgan fingerprint density at radius 3 is 2.75 bits per heavy atom. The summed E-state index contributed by atoms with van der Waals surface area (Å²) in [5.41, 5.74) is 0.883. The van der Waals surface area contributed by atoms with Crippen LogP contribution in [-0.2, 0) is 0 Å². The smallest absolute Gasteiger partial charge is 0.208 e. The molecule has 16 heavy (non-hydrogen) atoms. The zero-order valence-electron chi connectivity index (χ0n) is 9.47. The van der Waals surface area contributed by atoms with Crippen LogP contribution in [0.3, 0.4) is 0 Å². The first-order valence-corrected chi connectivity index (χ1v) is 5.84. The summed E-state index contributed by atoms with van der Waals surface area (Å²) in [6, 6.07) is 7.60. The van der Waals surface area contributed by atoms with E-state index >= 15 is 0 Å². The molecule has 0 radical (unpaired) electrons. The number of hydrogen-bond donors (Lipinski definition) is 0. The molecule has 0 aliphatic rings. The number of para-hydroxylation sites is 2. The highest BCUT2D eigenvalue weighted by molar-refractivity contribution is 8.13. The lowest BCUT2D eigenvalue weighted by molar-refractivity contribution is 0.416. The number of hydrogen-bond acceptors (Lipinski definition) is 4. The van der Waals surface area contributed by atoms with E-state index in [1.807, 2.05) is 42.5 Å². The molecule has 84 valence electrons. The van der Waals surface area contributed by atoms with Crippen molar-refractivity contribution < 1.29 is 4.74 Å². The van der Waals surface area contributed by atoms with Gasteiger partial charge in [0.25, 0.3) is 0 Å². The Hall–Kier alpha value is -1.67. The number of methoxy groups -OCH3 is 1. The molecule has 0 atom stereocenters. The van der Waals surface area contributed by atoms with Gasteiger partial charge in [0.1, 0.15) is 5.75 Å². The van der Waals surface area contributed by atoms with Gasteiger partial charge in [-0.1, -0.05) is 23.9 Å². The summed E-state index contributed by atoms with van der Waals surface area (Å²) < 4.78 is 5.25. The highest BCUT2D eigenvalue weighted by Crippen LogP contribution is 2.28. The number of nitriles is 1. The fraction of sp³-hybridized carbons (Fsp3) is 0.273. The van der Waals surface area contributed by atoms with Crippen molar-refractivity contribution in [3.8, 4) is 11.9 Å². The third-order valence-corrected chi connectivity index (χ3v) is 2.79. The van der Waals surface area contributed by atoms with Gasteiger partial charge >= 0.3 is 0 Å². The van der Waals surface area contributed by atoms with Crippen LogP contribution < -0.4 is 9.64 Å². The molecule has 0 aliphatic heterocycles. The van der Waals surface area contributed by atoms with Crippen molar-refractivity contribution >= 4 is 22.6 Å². The molecule has 0 amide bonds. The highest BCUT2D eigenvalue weighted by atomic mass is 32.2. The normalized spacial score (nSPS) is 10.8. The number of thioether (sulfide) groups is 1. The second-order valence-electron chi connectivity index (χ2n) is 2.93. The van der Waals surface area contributed by atoms with E-state index in [1.165, 1.54) is 11.8 Å². The van der Waals surface area contributed by atoms with Gasteiger partial charge in [0, 0.05) is 7.05 Å². The van der Waals surface area contributed by atoms with E-state index in [-0.39, 0.29) is 0 Å². The Labute approximate surface area is 99.5 Å². The van der Waals surface area contributed by atoms with Gasteiger partial charge in [-0.05, 0) is 18.4 Å². The second kappa shape index (κ2) is 6.03. The summed E-state index contributed by atoms with van der Waals surface area (Å²) in [7, 11) is 3.47. The largest absolute Gasteiger partial charge is 0.495 e. The average Bonchev–Trinajstić information content (AvgIpc) is 2.35. The van der Waals surface area contributed by atoms with Crippen LogP contribution in [0.25, 0.3) is 0 Å². The van der Waals surface area contributed by atoms with Crippen LogP contribution in [-0.4, -0.2) is 25.6 Å². The van der Waals surface area contributed by atoms with Gasteiger partial charge in [0.15, 0.2) is 5.17 Å². The molecule has 0 saturated heterocycles. The number of benzene rings is 1. The highest BCUT2D eigenvalue weighted by Gasteiger charge is 2.12. The molecule has 4 nitrogen and oxygen atoms in total. The van der Waals surface area contributed by atoms with E-state index in [1.54, 1.807) is 13.3 Å². The summed E-state index contributed by atoms with van der Waals surface area (Å²) >= 11 is 1.41. The number of ether oxygens (including phenoxy) is 1. The molecule has 0 spiro atoms. The third-order valence-electron chi connectivity index (χ3n) is 2.06. The minimum atomic E-state index is 0.631. The van der Waals surface area contributed by atoms with Gasteiger partial charge in [-0.2, -0.15) is 5.26 Å². The molecular weight excluding hydrogens is 222 g/mol. The Balaban J connectivity index is 3.09. The predicted molar refractivity (Wildman–Crippen MR) is 68.0 cm³/mol. The fourth-order valence-corrected chi connectivity index (χ4v) is 1.81. The van der Waals surface area contributed by atoms with Crippen molar-refractivity contribution in [3.05, 3.63) is 24.3 Å². The minimum absolute atomic E-state index is 0.631. The molecular formula is C11H13N3OS. The van der Waals surface area contributed by atoms with Gasteiger partial charge < -0.3 is 9.64 Å². The Morgan fingerprint density at radius 2 is 2.19 bits per heavy atom. The zero-order valence-corrected chi connectivity index (χ0v) is 10.3. The van der Waals surface area contributed by atoms with Crippen molar-refractivity contribution in [1.82, 2.24) is 0 Å². The van der Waals surface area contributed by atoms with Gasteiger partial charge in [0.2, 0.25) is 6.19 Å². The maximum atomic E-state index is 8.58. The summed E-state index contributed by atoms with van der Waals surface area (Å²) in [5, 5.41) is 9.21. The Morgan fingerprint density at radius 1 is 1.50 bits per heavy atom. The van der Waals surface area contributed by atoms with Crippen LogP contribution in [0.2, 0.25) is 0 Å². The number of nitrogens with zero attached hydrogens (tertiary/aromatic N) is 3. The van der Waals surface area contributed by atoms with Crippen molar-refractivity contribution in [2.75, 3.05) is 25.3 Å². The molecule has 0 N–H and O–H groups in total. The molecule has 0 heterocycles. The van der Waals surface area contributed by atoms with E-state index in [2.05, 4.69) is 4.99 Å². The molecule has 1 aromatic rings. The minimum Gasteiger partial charge on any atom is -0.495 e. The first-order chi connectivity index (χ1) is 7.74. The van der Waals surface area contributed by atoms with Crippen molar-refractivity contribution in [3.63, 3.8) is 0 Å². The van der Waals surface area contributed by atoms with Gasteiger partial charge in [-0.15, -0.1) is 4.99 Å². The molecule has 1 rings (SSSR count). The monoisotopic (exact) mass is 235 g/mol. The molecule has 5 heteroatoms. The lowest BCUT2D eigenvalue weighted by atomic mass is 10.3. The molecule has 1 aromatic carbocycles. The van der Waals surface area contributed by atoms with Crippen LogP contribution in [0.5, 0.6) is 5.75 Å². The summed E-state index contributed by atoms with van der Waals surface area (Å²) in [4.78, 5) is 5.58. The SMILES string of the molecule is COc1ccccc1N(C)C(=NC#N)SC. The summed E-state index contributed by atoms with van der Waals surface area (Å²) in [6.07, 6.45) is 3.67. The van der Waals surface area contributed by atoms with E-state index in [9.17, 15) is 0 Å². The van der Waals surface area contributed by atoms with Crippen LogP contribution in [0.1, 0.15) is 0 Å². The molecule has 0 unspecified atom stereocenters. The average molecular weight is 235 g/mol.